The fourth-order valence-corrected chi connectivity index (χ4v) is 3.04. The van der Waals surface area contributed by atoms with Crippen molar-refractivity contribution in [3.8, 4) is 0 Å². The fraction of sp³-hybridized carbons (Fsp3) is 0.412. The molecule has 1 atom stereocenters. The van der Waals surface area contributed by atoms with Gasteiger partial charge < -0.3 is 16.0 Å². The van der Waals surface area contributed by atoms with E-state index in [9.17, 15) is 9.59 Å². The minimum absolute atomic E-state index is 0.000568. The van der Waals surface area contributed by atoms with Crippen LogP contribution in [0, 0.1) is 5.92 Å². The highest BCUT2D eigenvalue weighted by atomic mass is 16.2. The molecule has 1 aliphatic heterocycles. The predicted octanol–water partition coefficient (Wildman–Crippen LogP) is 1.15. The number of benzene rings is 1. The van der Waals surface area contributed by atoms with Crippen LogP contribution in [-0.4, -0.2) is 45.8 Å². The van der Waals surface area contributed by atoms with Crippen LogP contribution in [0.15, 0.2) is 30.6 Å². The molecule has 1 aliphatic rings. The van der Waals surface area contributed by atoms with E-state index in [0.29, 0.717) is 31.7 Å². The van der Waals surface area contributed by atoms with Gasteiger partial charge in [0.05, 0.1) is 5.52 Å². The van der Waals surface area contributed by atoms with Crippen LogP contribution >= 0.6 is 0 Å². The zero-order chi connectivity index (χ0) is 17.1. The Morgan fingerprint density at radius 1 is 1.25 bits per heavy atom. The Labute approximate surface area is 140 Å². The molecule has 0 saturated carbocycles. The summed E-state index contributed by atoms with van der Waals surface area (Å²) in [4.78, 5) is 34.1. The van der Waals surface area contributed by atoms with Crippen LogP contribution in [-0.2, 0) is 9.59 Å². The zero-order valence-electron chi connectivity index (χ0n) is 13.6. The normalized spacial score (nSPS) is 16.8. The number of primary amides is 1. The molecule has 3 rings (SSSR count). The number of fused-ring (bicyclic) bond motifs is 1. The summed E-state index contributed by atoms with van der Waals surface area (Å²) < 4.78 is 0. The summed E-state index contributed by atoms with van der Waals surface area (Å²) in [5.41, 5.74) is 6.17. The first kappa shape index (κ1) is 16.2. The second kappa shape index (κ2) is 6.82. The number of anilines is 1. The van der Waals surface area contributed by atoms with E-state index in [1.54, 1.807) is 4.90 Å². The minimum atomic E-state index is -0.409. The van der Waals surface area contributed by atoms with Crippen LogP contribution in [0.4, 0.5) is 5.82 Å². The molecule has 7 heteroatoms. The Kier molecular flexibility index (Phi) is 4.59. The molecule has 1 aromatic heterocycles. The van der Waals surface area contributed by atoms with Gasteiger partial charge in [-0.1, -0.05) is 12.1 Å². The SMILES string of the molecule is CC(Nc1ncnc2ccccc12)C(=O)N1CCC(C(N)=O)CC1. The number of nitrogens with zero attached hydrogens (tertiary/aromatic N) is 3. The van der Waals surface area contributed by atoms with Crippen LogP contribution in [0.25, 0.3) is 10.9 Å². The largest absolute Gasteiger partial charge is 0.369 e. The summed E-state index contributed by atoms with van der Waals surface area (Å²) in [6.07, 6.45) is 2.74. The molecule has 24 heavy (non-hydrogen) atoms. The highest BCUT2D eigenvalue weighted by Crippen LogP contribution is 2.21. The molecule has 0 bridgehead atoms. The van der Waals surface area contributed by atoms with Crippen molar-refractivity contribution in [3.05, 3.63) is 30.6 Å². The standard InChI is InChI=1S/C17H21N5O2/c1-11(17(24)22-8-6-12(7-9-22)15(18)23)21-16-13-4-2-3-5-14(13)19-10-20-16/h2-5,10-12H,6-9H2,1H3,(H2,18,23)(H,19,20,21). The molecule has 2 heterocycles. The van der Waals surface area contributed by atoms with Gasteiger partial charge in [-0.25, -0.2) is 9.97 Å². The summed E-state index contributed by atoms with van der Waals surface area (Å²) in [6.45, 7) is 2.94. The average molecular weight is 327 g/mol. The molecule has 1 fully saturated rings. The Morgan fingerprint density at radius 3 is 2.67 bits per heavy atom. The van der Waals surface area contributed by atoms with E-state index in [4.69, 9.17) is 5.73 Å². The minimum Gasteiger partial charge on any atom is -0.369 e. The number of piperidine rings is 1. The zero-order valence-corrected chi connectivity index (χ0v) is 13.6. The van der Waals surface area contributed by atoms with Crippen molar-refractivity contribution in [1.29, 1.82) is 0 Å². The molecule has 2 amide bonds. The number of amides is 2. The molecule has 0 radical (unpaired) electrons. The van der Waals surface area contributed by atoms with Crippen molar-refractivity contribution >= 4 is 28.5 Å². The Bertz CT molecular complexity index is 750. The molecule has 7 nitrogen and oxygen atoms in total. The first-order chi connectivity index (χ1) is 11.6. The van der Waals surface area contributed by atoms with Gasteiger partial charge in [0.2, 0.25) is 11.8 Å². The summed E-state index contributed by atoms with van der Waals surface area (Å²) >= 11 is 0. The number of nitrogens with one attached hydrogen (secondary N) is 1. The van der Waals surface area contributed by atoms with Crippen LogP contribution < -0.4 is 11.1 Å². The third-order valence-corrected chi connectivity index (χ3v) is 4.48. The van der Waals surface area contributed by atoms with Crippen molar-refractivity contribution in [2.45, 2.75) is 25.8 Å². The van der Waals surface area contributed by atoms with Crippen molar-refractivity contribution in [2.75, 3.05) is 18.4 Å². The number of carbonyl (C=O) groups is 2. The molecule has 1 saturated heterocycles. The van der Waals surface area contributed by atoms with E-state index in [1.807, 2.05) is 31.2 Å². The lowest BCUT2D eigenvalue weighted by Gasteiger charge is -2.32. The van der Waals surface area contributed by atoms with E-state index in [2.05, 4.69) is 15.3 Å². The smallest absolute Gasteiger partial charge is 0.244 e. The molecule has 2 aromatic rings. The number of likely N-dealkylation sites (tertiary alicyclic amines) is 1. The summed E-state index contributed by atoms with van der Waals surface area (Å²) in [7, 11) is 0. The molecule has 3 N–H and O–H groups in total. The molecule has 1 unspecified atom stereocenters. The number of rotatable bonds is 4. The Morgan fingerprint density at radius 2 is 1.96 bits per heavy atom. The number of para-hydroxylation sites is 1. The summed E-state index contributed by atoms with van der Waals surface area (Å²) in [5.74, 6) is 0.248. The Hall–Kier alpha value is -2.70. The van der Waals surface area contributed by atoms with Crippen LogP contribution in [0.2, 0.25) is 0 Å². The van der Waals surface area contributed by atoms with Crippen LogP contribution in [0.5, 0.6) is 0 Å². The van der Waals surface area contributed by atoms with Gasteiger partial charge in [-0.05, 0) is 31.9 Å². The third-order valence-electron chi connectivity index (χ3n) is 4.48. The molecule has 126 valence electrons. The molecule has 0 spiro atoms. The van der Waals surface area contributed by atoms with Crippen molar-refractivity contribution in [2.24, 2.45) is 11.7 Å². The van der Waals surface area contributed by atoms with Gasteiger partial charge in [0, 0.05) is 24.4 Å². The first-order valence-corrected chi connectivity index (χ1v) is 8.10. The summed E-state index contributed by atoms with van der Waals surface area (Å²) in [6, 6.07) is 7.25. The second-order valence-electron chi connectivity index (χ2n) is 6.11. The number of carbonyl (C=O) groups excluding carboxylic acids is 2. The van der Waals surface area contributed by atoms with E-state index in [0.717, 1.165) is 10.9 Å². The quantitative estimate of drug-likeness (QED) is 0.877. The van der Waals surface area contributed by atoms with Gasteiger partial charge in [0.15, 0.2) is 0 Å². The lowest BCUT2D eigenvalue weighted by atomic mass is 9.96. The maximum absolute atomic E-state index is 12.6. The maximum Gasteiger partial charge on any atom is 0.244 e. The topological polar surface area (TPSA) is 101 Å². The predicted molar refractivity (Wildman–Crippen MR) is 91.1 cm³/mol. The highest BCUT2D eigenvalue weighted by molar-refractivity contribution is 5.92. The molecular weight excluding hydrogens is 306 g/mol. The van der Waals surface area contributed by atoms with E-state index < -0.39 is 6.04 Å². The van der Waals surface area contributed by atoms with Gasteiger partial charge in [-0.3, -0.25) is 9.59 Å². The van der Waals surface area contributed by atoms with Crippen LogP contribution in [0.1, 0.15) is 19.8 Å². The van der Waals surface area contributed by atoms with Gasteiger partial charge in [0.1, 0.15) is 18.2 Å². The number of hydrogen-bond donors (Lipinski definition) is 2. The van der Waals surface area contributed by atoms with E-state index in [1.165, 1.54) is 6.33 Å². The maximum atomic E-state index is 12.6. The lowest BCUT2D eigenvalue weighted by Crippen LogP contribution is -2.47. The van der Waals surface area contributed by atoms with Gasteiger partial charge in [0.25, 0.3) is 0 Å². The van der Waals surface area contributed by atoms with Crippen molar-refractivity contribution in [3.63, 3.8) is 0 Å². The lowest BCUT2D eigenvalue weighted by molar-refractivity contribution is -0.135. The third kappa shape index (κ3) is 3.29. The average Bonchev–Trinajstić information content (AvgIpc) is 2.61. The van der Waals surface area contributed by atoms with Gasteiger partial charge in [-0.15, -0.1) is 0 Å². The fourth-order valence-electron chi connectivity index (χ4n) is 3.04. The molecular formula is C17H21N5O2. The monoisotopic (exact) mass is 327 g/mol. The van der Waals surface area contributed by atoms with Crippen LogP contribution in [0.3, 0.4) is 0 Å². The first-order valence-electron chi connectivity index (χ1n) is 8.10. The van der Waals surface area contributed by atoms with E-state index in [-0.39, 0.29) is 17.7 Å². The summed E-state index contributed by atoms with van der Waals surface area (Å²) in [5, 5.41) is 4.06. The van der Waals surface area contributed by atoms with Crippen molar-refractivity contribution in [1.82, 2.24) is 14.9 Å². The molecule has 0 aliphatic carbocycles. The number of hydrogen-bond acceptors (Lipinski definition) is 5. The number of aromatic nitrogens is 2. The highest BCUT2D eigenvalue weighted by Gasteiger charge is 2.28. The van der Waals surface area contributed by atoms with E-state index >= 15 is 0 Å². The van der Waals surface area contributed by atoms with Crippen molar-refractivity contribution < 1.29 is 9.59 Å². The number of nitrogens with two attached hydrogens (primary N) is 1. The molecule has 1 aromatic carbocycles. The van der Waals surface area contributed by atoms with Gasteiger partial charge >= 0.3 is 0 Å². The second-order valence-corrected chi connectivity index (χ2v) is 6.11. The van der Waals surface area contributed by atoms with Gasteiger partial charge in [-0.2, -0.15) is 0 Å². The Balaban J connectivity index is 1.67.